The van der Waals surface area contributed by atoms with E-state index in [1.807, 2.05) is 13.8 Å². The summed E-state index contributed by atoms with van der Waals surface area (Å²) in [4.78, 5) is 37.0. The van der Waals surface area contributed by atoms with Gasteiger partial charge < -0.3 is 4.90 Å². The predicted octanol–water partition coefficient (Wildman–Crippen LogP) is 3.09. The van der Waals surface area contributed by atoms with E-state index in [0.717, 1.165) is 5.57 Å². The summed E-state index contributed by atoms with van der Waals surface area (Å²) in [6, 6.07) is 0. The Bertz CT molecular complexity index is 510. The molecule has 0 spiro atoms. The number of carbonyl (C=O) groups excluding carboxylic acids is 3. The van der Waals surface area contributed by atoms with Gasteiger partial charge in [-0.1, -0.05) is 19.4 Å². The van der Waals surface area contributed by atoms with Crippen LogP contribution in [0.15, 0.2) is 22.3 Å². The third-order valence-corrected chi connectivity index (χ3v) is 3.58. The number of nitrogens with zero attached hydrogens (tertiary/aromatic N) is 1. The average Bonchev–Trinajstić information content (AvgIpc) is 2.36. The first-order valence-corrected chi connectivity index (χ1v) is 6.88. The Labute approximate surface area is 159 Å². The van der Waals surface area contributed by atoms with Crippen LogP contribution in [0.2, 0.25) is 0 Å². The molecule has 1 radical (unpaired) electrons. The van der Waals surface area contributed by atoms with Crippen molar-refractivity contribution in [2.24, 2.45) is 5.41 Å². The molecule has 0 saturated heterocycles. The molecule has 0 N–H and O–H groups in total. The molecule has 0 aromatic rings. The molecule has 0 fully saturated rings. The first kappa shape index (κ1) is 23.7. The van der Waals surface area contributed by atoms with Crippen molar-refractivity contribution in [3.63, 3.8) is 0 Å². The van der Waals surface area contributed by atoms with Gasteiger partial charge in [-0.05, 0) is 45.9 Å². The van der Waals surface area contributed by atoms with Gasteiger partial charge >= 0.3 is 0 Å². The summed E-state index contributed by atoms with van der Waals surface area (Å²) in [5, 5.41) is 0. The Morgan fingerprint density at radius 3 is 1.91 bits per heavy atom. The minimum atomic E-state index is -0.734. The number of Topliss-reactive ketones (excluding diaryl/α,β-unsaturated/α-hetero) is 1. The molecule has 121 valence electrons. The molecule has 1 amide bonds. The van der Waals surface area contributed by atoms with Gasteiger partial charge in [-0.3, -0.25) is 21.4 Å². The van der Waals surface area contributed by atoms with Crippen molar-refractivity contribution in [1.82, 2.24) is 4.90 Å². The Morgan fingerprint density at radius 2 is 1.59 bits per heavy atom. The first-order chi connectivity index (χ1) is 9.45. The van der Waals surface area contributed by atoms with Crippen molar-refractivity contribution in [2.75, 3.05) is 7.05 Å². The van der Waals surface area contributed by atoms with Crippen LogP contribution in [0.25, 0.3) is 0 Å². The number of ketones is 1. The standard InChI is InChI=1S/C17H26NO3.Y/c1-11(2)13(4)16(21)15(12(3)10-19)17(5,6)9-14(20)18(7)8;/h10H,7,9H2,1-6,8H3;/q-1;/b15-12+;. The van der Waals surface area contributed by atoms with Gasteiger partial charge in [0.25, 0.3) is 0 Å². The largest absolute Gasteiger partial charge is 0.498 e. The molecule has 0 rings (SSSR count). The molecule has 0 heterocycles. The van der Waals surface area contributed by atoms with Gasteiger partial charge in [0.1, 0.15) is 6.29 Å². The number of aldehydes is 1. The number of hydrogen-bond acceptors (Lipinski definition) is 3. The normalized spacial score (nSPS) is 11.8. The predicted molar refractivity (Wildman–Crippen MR) is 84.3 cm³/mol. The maximum atomic E-state index is 12.7. The molecule has 0 aromatic heterocycles. The monoisotopic (exact) mass is 381 g/mol. The Kier molecular flexibility index (Phi) is 10.2. The maximum absolute atomic E-state index is 12.7. The molecule has 0 unspecified atom stereocenters. The first-order valence-electron chi connectivity index (χ1n) is 6.88. The van der Waals surface area contributed by atoms with Crippen LogP contribution in [0, 0.1) is 12.5 Å². The number of hydrogen-bond donors (Lipinski definition) is 0. The van der Waals surface area contributed by atoms with Crippen LogP contribution in [0.1, 0.15) is 48.0 Å². The van der Waals surface area contributed by atoms with Crippen LogP contribution in [-0.2, 0) is 47.1 Å². The van der Waals surface area contributed by atoms with Gasteiger partial charge in [0.2, 0.25) is 0 Å². The second kappa shape index (κ2) is 9.51. The average molecular weight is 381 g/mol. The van der Waals surface area contributed by atoms with Gasteiger partial charge in [0.15, 0.2) is 11.7 Å². The van der Waals surface area contributed by atoms with E-state index in [4.69, 9.17) is 0 Å². The summed E-state index contributed by atoms with van der Waals surface area (Å²) in [5.74, 6) is -0.358. The minimum absolute atomic E-state index is 0. The van der Waals surface area contributed by atoms with Crippen LogP contribution in [0.4, 0.5) is 0 Å². The van der Waals surface area contributed by atoms with Crippen molar-refractivity contribution >= 4 is 18.0 Å². The number of amides is 1. The van der Waals surface area contributed by atoms with Crippen LogP contribution in [0.5, 0.6) is 0 Å². The summed E-state index contributed by atoms with van der Waals surface area (Å²) >= 11 is 0. The Morgan fingerprint density at radius 1 is 1.14 bits per heavy atom. The number of carbonyl (C=O) groups is 3. The van der Waals surface area contributed by atoms with E-state index < -0.39 is 5.41 Å². The van der Waals surface area contributed by atoms with Gasteiger partial charge in [0, 0.05) is 50.1 Å². The van der Waals surface area contributed by atoms with E-state index in [2.05, 4.69) is 7.05 Å². The summed E-state index contributed by atoms with van der Waals surface area (Å²) in [5.41, 5.74) is 1.53. The van der Waals surface area contributed by atoms with Crippen LogP contribution in [-0.4, -0.2) is 29.9 Å². The molecule has 5 heteroatoms. The molecule has 0 aromatic carbocycles. The van der Waals surface area contributed by atoms with E-state index in [-0.39, 0.29) is 50.8 Å². The maximum Gasteiger partial charge on any atom is 0.193 e. The van der Waals surface area contributed by atoms with Crippen LogP contribution in [0.3, 0.4) is 0 Å². The van der Waals surface area contributed by atoms with E-state index in [1.165, 1.54) is 4.90 Å². The molecular formula is C17H26NO3Y-. The third kappa shape index (κ3) is 6.25. The molecule has 0 aliphatic rings. The molecule has 0 atom stereocenters. The summed E-state index contributed by atoms with van der Waals surface area (Å²) in [6.07, 6.45) is 0.793. The zero-order valence-corrected chi connectivity index (χ0v) is 17.6. The van der Waals surface area contributed by atoms with E-state index in [9.17, 15) is 14.4 Å². The molecule has 0 bridgehead atoms. The van der Waals surface area contributed by atoms with Gasteiger partial charge in [-0.2, -0.15) is 0 Å². The zero-order valence-electron chi connectivity index (χ0n) is 14.7. The molecule has 0 aliphatic heterocycles. The molecule has 22 heavy (non-hydrogen) atoms. The van der Waals surface area contributed by atoms with Crippen molar-refractivity contribution in [3.8, 4) is 0 Å². The van der Waals surface area contributed by atoms with Crippen molar-refractivity contribution in [2.45, 2.75) is 48.0 Å². The van der Waals surface area contributed by atoms with Crippen molar-refractivity contribution in [3.05, 3.63) is 29.3 Å². The Balaban J connectivity index is 0. The van der Waals surface area contributed by atoms with E-state index in [1.54, 1.807) is 34.7 Å². The van der Waals surface area contributed by atoms with Gasteiger partial charge in [-0.25, -0.2) is 0 Å². The fourth-order valence-electron chi connectivity index (χ4n) is 2.10. The molecule has 0 aliphatic carbocycles. The smallest absolute Gasteiger partial charge is 0.193 e. The van der Waals surface area contributed by atoms with Crippen molar-refractivity contribution in [1.29, 1.82) is 0 Å². The summed E-state index contributed by atoms with van der Waals surface area (Å²) in [6.45, 7) is 10.6. The fraction of sp³-hybridized carbons (Fsp3) is 0.529. The number of rotatable bonds is 6. The quantitative estimate of drug-likeness (QED) is 0.404. The van der Waals surface area contributed by atoms with Crippen LogP contribution >= 0.6 is 0 Å². The molecule has 0 saturated carbocycles. The summed E-state index contributed by atoms with van der Waals surface area (Å²) < 4.78 is 0. The fourth-order valence-corrected chi connectivity index (χ4v) is 2.10. The topological polar surface area (TPSA) is 54.5 Å². The van der Waals surface area contributed by atoms with E-state index in [0.29, 0.717) is 23.0 Å². The number of allylic oxidation sites excluding steroid dienone is 4. The third-order valence-electron chi connectivity index (χ3n) is 3.58. The van der Waals surface area contributed by atoms with Gasteiger partial charge in [-0.15, -0.1) is 0 Å². The van der Waals surface area contributed by atoms with Gasteiger partial charge in [0.05, 0.1) is 0 Å². The van der Waals surface area contributed by atoms with Crippen LogP contribution < -0.4 is 0 Å². The second-order valence-electron chi connectivity index (χ2n) is 6.28. The van der Waals surface area contributed by atoms with Crippen molar-refractivity contribution < 1.29 is 47.1 Å². The SMILES string of the molecule is [CH2-]N(C)C(=O)CC(C)(C)/C(C(=O)C(C)=C(C)C)=C(\C)C=O.[Y]. The van der Waals surface area contributed by atoms with E-state index >= 15 is 0 Å². The summed E-state index contributed by atoms with van der Waals surface area (Å²) in [7, 11) is 5.13. The zero-order chi connectivity index (χ0) is 17.0. The Hall–Kier alpha value is -0.606. The molecule has 4 nitrogen and oxygen atoms in total. The molecular weight excluding hydrogens is 355 g/mol. The minimum Gasteiger partial charge on any atom is -0.498 e. The second-order valence-corrected chi connectivity index (χ2v) is 6.28.